The van der Waals surface area contributed by atoms with Crippen LogP contribution < -0.4 is 11.3 Å². The molecule has 0 spiro atoms. The third-order valence-electron chi connectivity index (χ3n) is 4.59. The Morgan fingerprint density at radius 1 is 1.42 bits per heavy atom. The minimum Gasteiger partial charge on any atom is -0.297 e. The van der Waals surface area contributed by atoms with Crippen LogP contribution in [-0.4, -0.2) is 39.4 Å². The van der Waals surface area contributed by atoms with Gasteiger partial charge in [-0.25, -0.2) is 0 Å². The van der Waals surface area contributed by atoms with Gasteiger partial charge in [0.15, 0.2) is 0 Å². The van der Waals surface area contributed by atoms with Crippen molar-refractivity contribution in [2.24, 2.45) is 12.9 Å². The summed E-state index contributed by atoms with van der Waals surface area (Å²) in [6.07, 6.45) is 6.50. The minimum absolute atomic E-state index is 0.101. The van der Waals surface area contributed by atoms with Crippen molar-refractivity contribution in [3.63, 3.8) is 0 Å². The predicted molar refractivity (Wildman–Crippen MR) is 77.5 cm³/mol. The number of aromatic nitrogens is 2. The summed E-state index contributed by atoms with van der Waals surface area (Å²) in [7, 11) is 1.99. The van der Waals surface area contributed by atoms with Crippen molar-refractivity contribution < 1.29 is 0 Å². The van der Waals surface area contributed by atoms with Crippen LogP contribution in [0, 0.1) is 0 Å². The monoisotopic (exact) mass is 265 g/mol. The number of rotatable bonds is 6. The number of nitrogens with two attached hydrogens (primary N) is 1. The van der Waals surface area contributed by atoms with Gasteiger partial charge in [0, 0.05) is 30.5 Å². The standard InChI is InChI=1S/C14H27N5/c1-14(2,19-10-4-5-11-19)13(17-15)7-6-12-8-9-16-18(12)3/h8-9,13,17H,4-7,10-11,15H2,1-3H3. The third kappa shape index (κ3) is 3.16. The molecule has 1 aromatic rings. The summed E-state index contributed by atoms with van der Waals surface area (Å²) in [5.74, 6) is 5.80. The van der Waals surface area contributed by atoms with Crippen molar-refractivity contribution in [1.29, 1.82) is 0 Å². The highest BCUT2D eigenvalue weighted by atomic mass is 15.3. The Balaban J connectivity index is 1.97. The zero-order valence-electron chi connectivity index (χ0n) is 12.4. The highest BCUT2D eigenvalue weighted by molar-refractivity contribution is 5.02. The first kappa shape index (κ1) is 14.5. The van der Waals surface area contributed by atoms with Crippen molar-refractivity contribution in [3.05, 3.63) is 18.0 Å². The molecule has 5 heteroatoms. The van der Waals surface area contributed by atoms with Gasteiger partial charge in [0.2, 0.25) is 0 Å². The van der Waals surface area contributed by atoms with Crippen LogP contribution in [0.1, 0.15) is 38.8 Å². The lowest BCUT2D eigenvalue weighted by molar-refractivity contribution is 0.102. The van der Waals surface area contributed by atoms with Gasteiger partial charge in [-0.2, -0.15) is 5.10 Å². The molecule has 3 N–H and O–H groups in total. The number of hydrogen-bond donors (Lipinski definition) is 2. The molecular weight excluding hydrogens is 238 g/mol. The Bertz CT molecular complexity index is 392. The molecule has 0 aliphatic carbocycles. The van der Waals surface area contributed by atoms with Gasteiger partial charge in [-0.1, -0.05) is 0 Å². The van der Waals surface area contributed by atoms with Crippen LogP contribution in [0.4, 0.5) is 0 Å². The van der Waals surface area contributed by atoms with Crippen LogP contribution >= 0.6 is 0 Å². The van der Waals surface area contributed by atoms with E-state index in [4.69, 9.17) is 5.84 Å². The Morgan fingerprint density at radius 2 is 2.11 bits per heavy atom. The molecule has 0 bridgehead atoms. The fourth-order valence-electron chi connectivity index (χ4n) is 3.09. The number of likely N-dealkylation sites (tertiary alicyclic amines) is 1. The van der Waals surface area contributed by atoms with E-state index in [1.165, 1.54) is 31.6 Å². The van der Waals surface area contributed by atoms with Crippen LogP contribution in [0.2, 0.25) is 0 Å². The van der Waals surface area contributed by atoms with E-state index < -0.39 is 0 Å². The molecule has 1 saturated heterocycles. The Hall–Kier alpha value is -0.910. The second kappa shape index (κ2) is 6.03. The van der Waals surface area contributed by atoms with E-state index in [1.54, 1.807) is 0 Å². The number of nitrogens with zero attached hydrogens (tertiary/aromatic N) is 3. The minimum atomic E-state index is 0.101. The molecule has 1 atom stereocenters. The molecule has 0 saturated carbocycles. The number of nitrogens with one attached hydrogen (secondary N) is 1. The van der Waals surface area contributed by atoms with Crippen LogP contribution in [0.3, 0.4) is 0 Å². The van der Waals surface area contributed by atoms with E-state index in [0.717, 1.165) is 12.8 Å². The summed E-state index contributed by atoms with van der Waals surface area (Å²) in [6.45, 7) is 6.98. The number of hydrazine groups is 1. The first-order valence-corrected chi connectivity index (χ1v) is 7.23. The Kier molecular flexibility index (Phi) is 4.60. The van der Waals surface area contributed by atoms with Crippen molar-refractivity contribution in [2.75, 3.05) is 13.1 Å². The van der Waals surface area contributed by atoms with Crippen LogP contribution in [0.25, 0.3) is 0 Å². The van der Waals surface area contributed by atoms with Crippen molar-refractivity contribution in [2.45, 2.75) is 51.1 Å². The molecule has 1 fully saturated rings. The molecule has 5 nitrogen and oxygen atoms in total. The fraction of sp³-hybridized carbons (Fsp3) is 0.786. The highest BCUT2D eigenvalue weighted by Gasteiger charge is 2.35. The molecule has 2 rings (SSSR count). The van der Waals surface area contributed by atoms with Crippen LogP contribution in [0.5, 0.6) is 0 Å². The molecule has 1 aliphatic rings. The van der Waals surface area contributed by atoms with Crippen LogP contribution in [0.15, 0.2) is 12.3 Å². The zero-order chi connectivity index (χ0) is 13.9. The van der Waals surface area contributed by atoms with E-state index in [1.807, 2.05) is 17.9 Å². The molecule has 0 aromatic carbocycles. The lowest BCUT2D eigenvalue weighted by Crippen LogP contribution is -2.58. The largest absolute Gasteiger partial charge is 0.297 e. The lowest BCUT2D eigenvalue weighted by atomic mass is 9.89. The van der Waals surface area contributed by atoms with Gasteiger partial charge >= 0.3 is 0 Å². The van der Waals surface area contributed by atoms with E-state index in [-0.39, 0.29) is 5.54 Å². The van der Waals surface area contributed by atoms with Crippen molar-refractivity contribution >= 4 is 0 Å². The maximum Gasteiger partial charge on any atom is 0.0492 e. The molecule has 0 radical (unpaired) electrons. The molecular formula is C14H27N5. The summed E-state index contributed by atoms with van der Waals surface area (Å²) in [5, 5.41) is 4.21. The second-order valence-corrected chi connectivity index (χ2v) is 6.05. The van der Waals surface area contributed by atoms with E-state index in [2.05, 4.69) is 35.3 Å². The second-order valence-electron chi connectivity index (χ2n) is 6.05. The SMILES string of the molecule is Cn1nccc1CCC(NN)C(C)(C)N1CCCC1. The average Bonchev–Trinajstić information content (AvgIpc) is 3.01. The summed E-state index contributed by atoms with van der Waals surface area (Å²) >= 11 is 0. The summed E-state index contributed by atoms with van der Waals surface area (Å²) < 4.78 is 1.94. The van der Waals surface area contributed by atoms with Gasteiger partial charge in [0.25, 0.3) is 0 Å². The third-order valence-corrected chi connectivity index (χ3v) is 4.59. The zero-order valence-corrected chi connectivity index (χ0v) is 12.4. The lowest BCUT2D eigenvalue weighted by Gasteiger charge is -2.42. The van der Waals surface area contributed by atoms with Crippen molar-refractivity contribution in [3.8, 4) is 0 Å². The molecule has 1 unspecified atom stereocenters. The van der Waals surface area contributed by atoms with Gasteiger partial charge in [-0.15, -0.1) is 0 Å². The molecule has 1 aromatic heterocycles. The summed E-state index contributed by atoms with van der Waals surface area (Å²) in [4.78, 5) is 2.56. The van der Waals surface area contributed by atoms with Crippen LogP contribution in [-0.2, 0) is 13.5 Å². The first-order chi connectivity index (χ1) is 9.05. The maximum absolute atomic E-state index is 5.80. The van der Waals surface area contributed by atoms with E-state index >= 15 is 0 Å². The quantitative estimate of drug-likeness (QED) is 0.596. The molecule has 19 heavy (non-hydrogen) atoms. The number of hydrogen-bond acceptors (Lipinski definition) is 4. The molecule has 0 amide bonds. The fourth-order valence-corrected chi connectivity index (χ4v) is 3.09. The summed E-state index contributed by atoms with van der Waals surface area (Å²) in [6, 6.07) is 2.37. The normalized spacial score (nSPS) is 18.9. The highest BCUT2D eigenvalue weighted by Crippen LogP contribution is 2.26. The van der Waals surface area contributed by atoms with Crippen molar-refractivity contribution in [1.82, 2.24) is 20.1 Å². The maximum atomic E-state index is 5.80. The smallest absolute Gasteiger partial charge is 0.0492 e. The Morgan fingerprint density at radius 3 is 2.63 bits per heavy atom. The molecule has 1 aliphatic heterocycles. The van der Waals surface area contributed by atoms with Gasteiger partial charge in [-0.3, -0.25) is 20.9 Å². The van der Waals surface area contributed by atoms with Gasteiger partial charge in [0.05, 0.1) is 0 Å². The van der Waals surface area contributed by atoms with E-state index in [0.29, 0.717) is 6.04 Å². The summed E-state index contributed by atoms with van der Waals surface area (Å²) in [5.41, 5.74) is 4.39. The van der Waals surface area contributed by atoms with E-state index in [9.17, 15) is 0 Å². The van der Waals surface area contributed by atoms with Gasteiger partial charge in [-0.05, 0) is 58.7 Å². The first-order valence-electron chi connectivity index (χ1n) is 7.23. The Labute approximate surface area is 116 Å². The topological polar surface area (TPSA) is 59.1 Å². The number of aryl methyl sites for hydroxylation is 2. The average molecular weight is 265 g/mol. The molecule has 108 valence electrons. The van der Waals surface area contributed by atoms with Gasteiger partial charge in [0.1, 0.15) is 0 Å². The molecule has 2 heterocycles. The predicted octanol–water partition coefficient (Wildman–Crippen LogP) is 1.06. The van der Waals surface area contributed by atoms with Gasteiger partial charge < -0.3 is 0 Å².